The van der Waals surface area contributed by atoms with Gasteiger partial charge in [0.25, 0.3) is 0 Å². The summed E-state index contributed by atoms with van der Waals surface area (Å²) in [5, 5.41) is 0. The first-order valence-corrected chi connectivity index (χ1v) is 5.95. The van der Waals surface area contributed by atoms with Crippen LogP contribution in [0.1, 0.15) is 25.5 Å². The fourth-order valence-electron chi connectivity index (χ4n) is 2.16. The van der Waals surface area contributed by atoms with E-state index >= 15 is 0 Å². The van der Waals surface area contributed by atoms with Crippen LogP contribution < -0.4 is 10.5 Å². The Balaban J connectivity index is 2.09. The number of fused-ring (bicyclic) bond motifs is 1. The fraction of sp³-hybridized carbons (Fsp3) is 0.545. The van der Waals surface area contributed by atoms with E-state index in [0.29, 0.717) is 17.0 Å². The van der Waals surface area contributed by atoms with Gasteiger partial charge in [-0.3, -0.25) is 4.57 Å². The third-order valence-corrected chi connectivity index (χ3v) is 3.08. The van der Waals surface area contributed by atoms with Gasteiger partial charge in [0.1, 0.15) is 6.23 Å². The van der Waals surface area contributed by atoms with Crippen LogP contribution in [0.5, 0.6) is 6.01 Å². The molecule has 1 aliphatic rings. The Morgan fingerprint density at radius 1 is 1.44 bits per heavy atom. The molecule has 2 aromatic rings. The molecular weight excluding hydrogens is 234 g/mol. The Morgan fingerprint density at radius 2 is 2.33 bits per heavy atom. The van der Waals surface area contributed by atoms with Gasteiger partial charge in [-0.15, -0.1) is 0 Å². The minimum absolute atomic E-state index is 0.0252. The second-order valence-corrected chi connectivity index (χ2v) is 4.24. The van der Waals surface area contributed by atoms with Crippen molar-refractivity contribution in [2.75, 3.05) is 19.5 Å². The Bertz CT molecular complexity index is 562. The van der Waals surface area contributed by atoms with Gasteiger partial charge >= 0.3 is 6.01 Å². The summed E-state index contributed by atoms with van der Waals surface area (Å²) in [6.45, 7) is 0.766. The molecule has 18 heavy (non-hydrogen) atoms. The predicted molar refractivity (Wildman–Crippen MR) is 65.1 cm³/mol. The zero-order valence-electron chi connectivity index (χ0n) is 10.2. The van der Waals surface area contributed by atoms with Crippen LogP contribution in [-0.4, -0.2) is 33.2 Å². The molecule has 1 fully saturated rings. The van der Waals surface area contributed by atoms with E-state index in [9.17, 15) is 0 Å². The number of rotatable bonds is 2. The SMILES string of the molecule is COc1nc(N)c2ncn(C3CCCCO3)c2n1. The van der Waals surface area contributed by atoms with Gasteiger partial charge in [-0.2, -0.15) is 9.97 Å². The van der Waals surface area contributed by atoms with E-state index in [-0.39, 0.29) is 12.2 Å². The van der Waals surface area contributed by atoms with Gasteiger partial charge in [-0.25, -0.2) is 4.98 Å². The number of imidazole rings is 1. The minimum Gasteiger partial charge on any atom is -0.467 e. The van der Waals surface area contributed by atoms with Crippen LogP contribution in [0.4, 0.5) is 5.82 Å². The third kappa shape index (κ3) is 1.76. The van der Waals surface area contributed by atoms with Crippen molar-refractivity contribution in [3.63, 3.8) is 0 Å². The Morgan fingerprint density at radius 3 is 3.06 bits per heavy atom. The van der Waals surface area contributed by atoms with Crippen LogP contribution in [0.25, 0.3) is 11.2 Å². The molecule has 0 radical (unpaired) electrons. The molecule has 0 spiro atoms. The van der Waals surface area contributed by atoms with Gasteiger partial charge in [-0.1, -0.05) is 0 Å². The predicted octanol–water partition coefficient (Wildman–Crippen LogP) is 1.12. The molecule has 0 bridgehead atoms. The lowest BCUT2D eigenvalue weighted by molar-refractivity contribution is -0.0298. The van der Waals surface area contributed by atoms with E-state index in [0.717, 1.165) is 25.9 Å². The molecule has 7 heteroatoms. The molecule has 0 aliphatic carbocycles. The highest BCUT2D eigenvalue weighted by atomic mass is 16.5. The van der Waals surface area contributed by atoms with Crippen molar-refractivity contribution in [1.82, 2.24) is 19.5 Å². The molecule has 0 aromatic carbocycles. The largest absolute Gasteiger partial charge is 0.467 e. The zero-order valence-corrected chi connectivity index (χ0v) is 10.2. The number of hydrogen-bond donors (Lipinski definition) is 1. The first-order chi connectivity index (χ1) is 8.79. The van der Waals surface area contributed by atoms with Crippen molar-refractivity contribution in [3.8, 4) is 6.01 Å². The summed E-state index contributed by atoms with van der Waals surface area (Å²) in [6, 6.07) is 0.248. The highest BCUT2D eigenvalue weighted by molar-refractivity contribution is 5.81. The molecule has 96 valence electrons. The van der Waals surface area contributed by atoms with E-state index in [4.69, 9.17) is 15.2 Å². The van der Waals surface area contributed by atoms with Crippen molar-refractivity contribution in [2.24, 2.45) is 0 Å². The van der Waals surface area contributed by atoms with E-state index in [2.05, 4.69) is 15.0 Å². The van der Waals surface area contributed by atoms with Crippen molar-refractivity contribution < 1.29 is 9.47 Å². The van der Waals surface area contributed by atoms with E-state index in [1.54, 1.807) is 6.33 Å². The third-order valence-electron chi connectivity index (χ3n) is 3.08. The molecular formula is C11H15N5O2. The number of methoxy groups -OCH3 is 1. The van der Waals surface area contributed by atoms with Gasteiger partial charge in [0, 0.05) is 6.61 Å². The Labute approximate surface area is 104 Å². The summed E-state index contributed by atoms with van der Waals surface area (Å²) >= 11 is 0. The maximum Gasteiger partial charge on any atom is 0.320 e. The molecule has 2 aromatic heterocycles. The highest BCUT2D eigenvalue weighted by Gasteiger charge is 2.20. The van der Waals surface area contributed by atoms with Crippen molar-refractivity contribution in [3.05, 3.63) is 6.33 Å². The number of ether oxygens (including phenoxy) is 2. The fourth-order valence-corrected chi connectivity index (χ4v) is 2.16. The van der Waals surface area contributed by atoms with Gasteiger partial charge in [0.15, 0.2) is 17.0 Å². The van der Waals surface area contributed by atoms with Crippen LogP contribution in [-0.2, 0) is 4.74 Å². The van der Waals surface area contributed by atoms with Crippen molar-refractivity contribution in [1.29, 1.82) is 0 Å². The zero-order chi connectivity index (χ0) is 12.5. The average Bonchev–Trinajstić information content (AvgIpc) is 2.84. The smallest absolute Gasteiger partial charge is 0.320 e. The number of anilines is 1. The molecule has 1 atom stereocenters. The quantitative estimate of drug-likeness (QED) is 0.857. The van der Waals surface area contributed by atoms with E-state index in [1.165, 1.54) is 7.11 Å². The topological polar surface area (TPSA) is 88.1 Å². The van der Waals surface area contributed by atoms with Crippen molar-refractivity contribution in [2.45, 2.75) is 25.5 Å². The highest BCUT2D eigenvalue weighted by Crippen LogP contribution is 2.27. The van der Waals surface area contributed by atoms with Crippen LogP contribution in [0, 0.1) is 0 Å². The lowest BCUT2D eigenvalue weighted by Crippen LogP contribution is -2.17. The molecule has 2 N–H and O–H groups in total. The summed E-state index contributed by atoms with van der Waals surface area (Å²) < 4.78 is 12.7. The first-order valence-electron chi connectivity index (χ1n) is 5.95. The van der Waals surface area contributed by atoms with Crippen LogP contribution in [0.15, 0.2) is 6.33 Å². The van der Waals surface area contributed by atoms with Crippen molar-refractivity contribution >= 4 is 17.0 Å². The van der Waals surface area contributed by atoms with Gasteiger partial charge < -0.3 is 15.2 Å². The van der Waals surface area contributed by atoms with Gasteiger partial charge in [0.2, 0.25) is 0 Å². The normalized spacial score (nSPS) is 20.2. The second kappa shape index (κ2) is 4.41. The summed E-state index contributed by atoms with van der Waals surface area (Å²) in [5.74, 6) is 0.325. The number of nitrogen functional groups attached to an aromatic ring is 1. The number of hydrogen-bond acceptors (Lipinski definition) is 6. The monoisotopic (exact) mass is 249 g/mol. The number of nitrogens with zero attached hydrogens (tertiary/aromatic N) is 4. The Kier molecular flexibility index (Phi) is 2.75. The maximum atomic E-state index is 5.83. The molecule has 3 rings (SSSR count). The molecule has 3 heterocycles. The Hall–Kier alpha value is -1.89. The molecule has 7 nitrogen and oxygen atoms in total. The van der Waals surface area contributed by atoms with Crippen LogP contribution in [0.3, 0.4) is 0 Å². The maximum absolute atomic E-state index is 5.83. The lowest BCUT2D eigenvalue weighted by atomic mass is 10.2. The van der Waals surface area contributed by atoms with E-state index < -0.39 is 0 Å². The number of nitrogens with two attached hydrogens (primary N) is 1. The van der Waals surface area contributed by atoms with Gasteiger partial charge in [0.05, 0.1) is 13.4 Å². The molecule has 0 amide bonds. The van der Waals surface area contributed by atoms with Gasteiger partial charge in [-0.05, 0) is 19.3 Å². The second-order valence-electron chi connectivity index (χ2n) is 4.24. The molecule has 1 saturated heterocycles. The summed E-state index contributed by atoms with van der Waals surface area (Å²) in [7, 11) is 1.51. The summed E-state index contributed by atoms with van der Waals surface area (Å²) in [6.07, 6.45) is 4.87. The van der Waals surface area contributed by atoms with E-state index in [1.807, 2.05) is 4.57 Å². The minimum atomic E-state index is -0.0252. The standard InChI is InChI=1S/C11H15N5O2/c1-17-11-14-9(12)8-10(15-11)16(6-13-8)7-4-2-3-5-18-7/h6-7H,2-5H2,1H3,(H2,12,14,15). The first kappa shape index (κ1) is 11.2. The molecule has 1 aliphatic heterocycles. The average molecular weight is 249 g/mol. The lowest BCUT2D eigenvalue weighted by Gasteiger charge is -2.23. The van der Waals surface area contributed by atoms with Crippen LogP contribution >= 0.6 is 0 Å². The van der Waals surface area contributed by atoms with Crippen LogP contribution in [0.2, 0.25) is 0 Å². The molecule has 0 saturated carbocycles. The molecule has 1 unspecified atom stereocenters. The summed E-state index contributed by atoms with van der Waals surface area (Å²) in [4.78, 5) is 12.5. The summed E-state index contributed by atoms with van der Waals surface area (Å²) in [5.41, 5.74) is 7.07. The number of aromatic nitrogens is 4.